The Kier molecular flexibility index (Phi) is 7.45. The molecule has 1 aliphatic heterocycles. The minimum absolute atomic E-state index is 0.0800. The van der Waals surface area contributed by atoms with Gasteiger partial charge in [-0.3, -0.25) is 9.47 Å². The number of aromatic nitrogens is 2. The first-order valence-electron chi connectivity index (χ1n) is 14.0. The van der Waals surface area contributed by atoms with E-state index < -0.39 is 29.0 Å². The van der Waals surface area contributed by atoms with E-state index >= 15 is 0 Å². The number of rotatable bonds is 5. The van der Waals surface area contributed by atoms with Crippen molar-refractivity contribution < 1.29 is 32.6 Å². The predicted molar refractivity (Wildman–Crippen MR) is 154 cm³/mol. The maximum Gasteiger partial charge on any atom is 0.419 e. The zero-order valence-corrected chi connectivity index (χ0v) is 24.9. The Morgan fingerprint density at radius 2 is 1.88 bits per heavy atom. The van der Waals surface area contributed by atoms with Crippen LogP contribution in [0.3, 0.4) is 0 Å². The molecule has 0 unspecified atom stereocenters. The number of fused-ring (bicyclic) bond motifs is 1. The van der Waals surface area contributed by atoms with E-state index in [1.807, 2.05) is 39.8 Å². The van der Waals surface area contributed by atoms with E-state index in [0.29, 0.717) is 42.8 Å². The van der Waals surface area contributed by atoms with Crippen LogP contribution >= 0.6 is 0 Å². The van der Waals surface area contributed by atoms with E-state index in [-0.39, 0.29) is 30.4 Å². The second kappa shape index (κ2) is 10.5. The number of hydrogen-bond donors (Lipinski definition) is 1. The number of esters is 1. The Labute approximate surface area is 243 Å². The monoisotopic (exact) mass is 584 g/mol. The van der Waals surface area contributed by atoms with E-state index in [2.05, 4.69) is 9.88 Å². The summed E-state index contributed by atoms with van der Waals surface area (Å²) >= 11 is 0. The topological polar surface area (TPSA) is 109 Å². The lowest BCUT2D eigenvalue weighted by Crippen LogP contribution is -2.53. The molecule has 1 atom stereocenters. The number of anilines is 1. The molecule has 9 nitrogen and oxygen atoms in total. The number of alkyl halides is 2. The molecule has 3 heterocycles. The summed E-state index contributed by atoms with van der Waals surface area (Å²) in [6, 6.07) is 6.73. The molecule has 5 rings (SSSR count). The lowest BCUT2D eigenvalue weighted by Gasteiger charge is -2.54. The number of halogens is 2. The van der Waals surface area contributed by atoms with Gasteiger partial charge >= 0.3 is 12.1 Å². The summed E-state index contributed by atoms with van der Waals surface area (Å²) in [4.78, 5) is 31.6. The van der Waals surface area contributed by atoms with Gasteiger partial charge in [-0.15, -0.1) is 0 Å². The average molecular weight is 585 g/mol. The molecule has 1 saturated heterocycles. The van der Waals surface area contributed by atoms with E-state index in [0.717, 1.165) is 16.5 Å². The molecule has 0 bridgehead atoms. The zero-order valence-electron chi connectivity index (χ0n) is 24.9. The zero-order chi connectivity index (χ0) is 30.6. The summed E-state index contributed by atoms with van der Waals surface area (Å²) in [7, 11) is 2.87. The highest BCUT2D eigenvalue weighted by Gasteiger charge is 2.58. The summed E-state index contributed by atoms with van der Waals surface area (Å²) in [5.74, 6) is -2.45. The Hall–Kier alpha value is -3.73. The normalized spacial score (nSPS) is 19.9. The second-order valence-corrected chi connectivity index (χ2v) is 12.6. The number of carbonyl (C=O) groups excluding carboxylic acids is 2. The van der Waals surface area contributed by atoms with Crippen LogP contribution < -0.4 is 10.5 Å². The Morgan fingerprint density at radius 1 is 1.17 bits per heavy atom. The number of benzene rings is 1. The molecule has 2 aliphatic rings. The van der Waals surface area contributed by atoms with Gasteiger partial charge in [-0.25, -0.2) is 23.4 Å². The van der Waals surface area contributed by atoms with Gasteiger partial charge in [0.15, 0.2) is 5.69 Å². The number of methoxy groups -OCH3 is 2. The van der Waals surface area contributed by atoms with Crippen LogP contribution in [0.4, 0.5) is 19.4 Å². The van der Waals surface area contributed by atoms with Crippen molar-refractivity contribution in [2.45, 2.75) is 77.5 Å². The molecule has 11 heteroatoms. The lowest BCUT2D eigenvalue weighted by atomic mass is 9.59. The molecule has 2 N–H and O–H groups in total. The Bertz CT molecular complexity index is 1540. The standard InChI is InChI=1S/C31H38F2N4O5/c1-18-13-24(40-5)21(19-9-11-37(25(18)19)28(39)42-29(2,3)4)15-36-12-10-30(16-31(32,33)17-30)14-23(36)20-7-8-22(27(38)41-6)35-26(20)34/h7-9,11,13,23H,10,12,14-17H2,1-6H3,(H2,34,35)/t23-/m1/s1. The van der Waals surface area contributed by atoms with E-state index in [4.69, 9.17) is 19.9 Å². The molecule has 2 aromatic heterocycles. The predicted octanol–water partition coefficient (Wildman–Crippen LogP) is 6.26. The van der Waals surface area contributed by atoms with Crippen molar-refractivity contribution in [3.63, 3.8) is 0 Å². The van der Waals surface area contributed by atoms with Crippen LogP contribution in [0.15, 0.2) is 30.5 Å². The van der Waals surface area contributed by atoms with Gasteiger partial charge in [0.25, 0.3) is 0 Å². The number of hydrogen-bond acceptors (Lipinski definition) is 8. The van der Waals surface area contributed by atoms with Gasteiger partial charge in [0.05, 0.1) is 19.7 Å². The summed E-state index contributed by atoms with van der Waals surface area (Å²) in [5, 5.41) is 0.832. The quantitative estimate of drug-likeness (QED) is 0.350. The molecule has 0 radical (unpaired) electrons. The maximum atomic E-state index is 14.1. The summed E-state index contributed by atoms with van der Waals surface area (Å²) < 4.78 is 46.0. The van der Waals surface area contributed by atoms with E-state index in [9.17, 15) is 18.4 Å². The van der Waals surface area contributed by atoms with Gasteiger partial charge in [-0.05, 0) is 76.3 Å². The number of nitrogens with two attached hydrogens (primary N) is 1. The van der Waals surface area contributed by atoms with Crippen molar-refractivity contribution in [3.05, 3.63) is 52.8 Å². The molecular weight excluding hydrogens is 546 g/mol. The summed E-state index contributed by atoms with van der Waals surface area (Å²) in [6.45, 7) is 8.32. The first kappa shape index (κ1) is 29.8. The molecule has 1 saturated carbocycles. The Balaban J connectivity index is 1.55. The SMILES string of the molecule is COC(=O)c1ccc([C@H]2CC3(CCN2Cc2c(OC)cc(C)c4c2ccn4C(=O)OC(C)(C)C)CC(F)(F)C3)c(N)n1. The second-order valence-electron chi connectivity index (χ2n) is 12.6. The van der Waals surface area contributed by atoms with Crippen molar-refractivity contribution in [2.24, 2.45) is 5.41 Å². The van der Waals surface area contributed by atoms with Gasteiger partial charge in [0.1, 0.15) is 17.2 Å². The van der Waals surface area contributed by atoms with Crippen molar-refractivity contribution in [3.8, 4) is 5.75 Å². The molecular formula is C31H38F2N4O5. The van der Waals surface area contributed by atoms with Crippen LogP contribution in [0.25, 0.3) is 10.9 Å². The highest BCUT2D eigenvalue weighted by atomic mass is 19.3. The molecule has 1 aliphatic carbocycles. The van der Waals surface area contributed by atoms with Crippen LogP contribution in [0.5, 0.6) is 5.75 Å². The van der Waals surface area contributed by atoms with Crippen molar-refractivity contribution in [1.82, 2.24) is 14.5 Å². The fourth-order valence-electron chi connectivity index (χ4n) is 6.60. The number of likely N-dealkylation sites (tertiary alicyclic amines) is 1. The van der Waals surface area contributed by atoms with Gasteiger partial charge in [-0.2, -0.15) is 0 Å². The van der Waals surface area contributed by atoms with Crippen molar-refractivity contribution in [1.29, 1.82) is 0 Å². The number of ether oxygens (including phenoxy) is 3. The van der Waals surface area contributed by atoms with Crippen LogP contribution in [0, 0.1) is 12.3 Å². The molecule has 2 fully saturated rings. The van der Waals surface area contributed by atoms with Gasteiger partial charge in [0, 0.05) is 48.1 Å². The molecule has 0 amide bonds. The van der Waals surface area contributed by atoms with Crippen LogP contribution in [-0.4, -0.2) is 58.8 Å². The van der Waals surface area contributed by atoms with Crippen molar-refractivity contribution in [2.75, 3.05) is 26.5 Å². The third-order valence-electron chi connectivity index (χ3n) is 8.38. The Morgan fingerprint density at radius 3 is 2.48 bits per heavy atom. The van der Waals surface area contributed by atoms with Crippen LogP contribution in [0.1, 0.15) is 79.7 Å². The van der Waals surface area contributed by atoms with Crippen LogP contribution in [-0.2, 0) is 16.0 Å². The number of nitrogen functional groups attached to an aromatic ring is 1. The first-order valence-corrected chi connectivity index (χ1v) is 14.0. The van der Waals surface area contributed by atoms with Gasteiger partial charge in [-0.1, -0.05) is 6.07 Å². The van der Waals surface area contributed by atoms with E-state index in [1.54, 1.807) is 25.4 Å². The smallest absolute Gasteiger partial charge is 0.419 e. The third kappa shape index (κ3) is 5.54. The lowest BCUT2D eigenvalue weighted by molar-refractivity contribution is -0.186. The van der Waals surface area contributed by atoms with Crippen molar-refractivity contribution >= 4 is 28.8 Å². The number of pyridine rings is 1. The average Bonchev–Trinajstić information content (AvgIpc) is 3.35. The minimum atomic E-state index is -2.66. The van der Waals surface area contributed by atoms with Crippen LogP contribution in [0.2, 0.25) is 0 Å². The molecule has 1 aromatic carbocycles. The maximum absolute atomic E-state index is 14.1. The third-order valence-corrected chi connectivity index (χ3v) is 8.38. The molecule has 1 spiro atoms. The van der Waals surface area contributed by atoms with Gasteiger partial charge < -0.3 is 19.9 Å². The number of carbonyl (C=O) groups is 2. The largest absolute Gasteiger partial charge is 0.496 e. The minimum Gasteiger partial charge on any atom is -0.496 e. The summed E-state index contributed by atoms with van der Waals surface area (Å²) in [6.07, 6.45) is 1.99. The molecule has 226 valence electrons. The fourth-order valence-corrected chi connectivity index (χ4v) is 6.60. The van der Waals surface area contributed by atoms with E-state index in [1.165, 1.54) is 11.7 Å². The van der Waals surface area contributed by atoms with Gasteiger partial charge in [0.2, 0.25) is 5.92 Å². The number of aryl methyl sites for hydroxylation is 1. The first-order chi connectivity index (χ1) is 19.7. The fraction of sp³-hybridized carbons (Fsp3) is 0.516. The highest BCUT2D eigenvalue weighted by Crippen LogP contribution is 2.61. The molecule has 42 heavy (non-hydrogen) atoms. The molecule has 3 aromatic rings. The summed E-state index contributed by atoms with van der Waals surface area (Å²) in [5.41, 5.74) is 8.40. The number of nitrogens with zero attached hydrogens (tertiary/aromatic N) is 3. The highest BCUT2D eigenvalue weighted by molar-refractivity contribution is 5.95. The number of piperidine rings is 1.